The smallest absolute Gasteiger partial charge is 0.322 e. The fourth-order valence-electron chi connectivity index (χ4n) is 1.30. The van der Waals surface area contributed by atoms with E-state index in [1.165, 1.54) is 29.8 Å². The SMILES string of the molecule is FC(F)(F)Cn1ccnc1C=Cc1ncc(Br)s1. The second-order valence-electron chi connectivity index (χ2n) is 3.36. The Balaban J connectivity index is 2.15. The minimum atomic E-state index is -4.26. The minimum absolute atomic E-state index is 0.249. The molecule has 0 saturated carbocycles. The van der Waals surface area contributed by atoms with E-state index in [0.717, 1.165) is 8.35 Å². The highest BCUT2D eigenvalue weighted by atomic mass is 79.9. The molecule has 0 aliphatic rings. The lowest BCUT2D eigenvalue weighted by Crippen LogP contribution is -2.17. The first-order valence-electron chi connectivity index (χ1n) is 4.81. The van der Waals surface area contributed by atoms with Crippen molar-refractivity contribution in [3.8, 4) is 0 Å². The number of thiazole rings is 1. The van der Waals surface area contributed by atoms with Crippen molar-refractivity contribution in [2.24, 2.45) is 0 Å². The van der Waals surface area contributed by atoms with Crippen molar-refractivity contribution in [1.29, 1.82) is 0 Å². The maximum atomic E-state index is 12.3. The van der Waals surface area contributed by atoms with Crippen LogP contribution in [0.4, 0.5) is 13.2 Å². The fourth-order valence-corrected chi connectivity index (χ4v) is 2.44. The van der Waals surface area contributed by atoms with Crippen LogP contribution < -0.4 is 0 Å². The maximum absolute atomic E-state index is 12.3. The van der Waals surface area contributed by atoms with E-state index in [1.54, 1.807) is 12.3 Å². The summed E-state index contributed by atoms with van der Waals surface area (Å²) in [6.07, 6.45) is 3.15. The summed E-state index contributed by atoms with van der Waals surface area (Å²) in [7, 11) is 0. The number of nitrogens with zero attached hydrogens (tertiary/aromatic N) is 3. The molecular weight excluding hydrogens is 331 g/mol. The van der Waals surface area contributed by atoms with Crippen LogP contribution in [0.25, 0.3) is 12.2 Å². The van der Waals surface area contributed by atoms with Crippen LogP contribution in [0.2, 0.25) is 0 Å². The molecule has 0 bridgehead atoms. The first-order chi connectivity index (χ1) is 8.44. The predicted octanol–water partition coefficient (Wildman–Crippen LogP) is 3.83. The van der Waals surface area contributed by atoms with Crippen LogP contribution in [0, 0.1) is 0 Å². The zero-order valence-electron chi connectivity index (χ0n) is 8.86. The molecule has 2 aromatic rings. The largest absolute Gasteiger partial charge is 0.406 e. The Morgan fingerprint density at radius 2 is 2.11 bits per heavy atom. The zero-order chi connectivity index (χ0) is 13.2. The van der Waals surface area contributed by atoms with Gasteiger partial charge in [-0.25, -0.2) is 9.97 Å². The lowest BCUT2D eigenvalue weighted by Gasteiger charge is -2.08. The number of rotatable bonds is 3. The van der Waals surface area contributed by atoms with E-state index in [4.69, 9.17) is 0 Å². The van der Waals surface area contributed by atoms with Crippen LogP contribution >= 0.6 is 27.3 Å². The van der Waals surface area contributed by atoms with E-state index in [-0.39, 0.29) is 5.82 Å². The molecule has 0 aliphatic heterocycles. The molecule has 0 aliphatic carbocycles. The first-order valence-corrected chi connectivity index (χ1v) is 6.42. The highest BCUT2D eigenvalue weighted by Crippen LogP contribution is 2.22. The van der Waals surface area contributed by atoms with E-state index < -0.39 is 12.7 Å². The summed E-state index contributed by atoms with van der Waals surface area (Å²) in [6.45, 7) is -1.05. The van der Waals surface area contributed by atoms with Gasteiger partial charge >= 0.3 is 6.18 Å². The van der Waals surface area contributed by atoms with Gasteiger partial charge in [0.25, 0.3) is 0 Å². The van der Waals surface area contributed by atoms with Crippen molar-refractivity contribution >= 4 is 39.4 Å². The molecule has 2 rings (SSSR count). The highest BCUT2D eigenvalue weighted by Gasteiger charge is 2.28. The lowest BCUT2D eigenvalue weighted by molar-refractivity contribution is -0.140. The van der Waals surface area contributed by atoms with Crippen LogP contribution in [0.5, 0.6) is 0 Å². The van der Waals surface area contributed by atoms with Crippen molar-refractivity contribution in [2.75, 3.05) is 0 Å². The van der Waals surface area contributed by atoms with Crippen molar-refractivity contribution in [2.45, 2.75) is 12.7 Å². The Morgan fingerprint density at radius 3 is 2.72 bits per heavy atom. The quantitative estimate of drug-likeness (QED) is 0.852. The van der Waals surface area contributed by atoms with Crippen LogP contribution in [0.15, 0.2) is 22.4 Å². The van der Waals surface area contributed by atoms with Gasteiger partial charge in [0.15, 0.2) is 0 Å². The van der Waals surface area contributed by atoms with Gasteiger partial charge in [-0.1, -0.05) is 0 Å². The Hall–Kier alpha value is -1.15. The van der Waals surface area contributed by atoms with Crippen LogP contribution in [0.1, 0.15) is 10.8 Å². The molecular formula is C10H7BrF3N3S. The Kier molecular flexibility index (Phi) is 3.86. The van der Waals surface area contributed by atoms with Crippen LogP contribution in [0.3, 0.4) is 0 Å². The molecule has 0 spiro atoms. The summed E-state index contributed by atoms with van der Waals surface area (Å²) in [4.78, 5) is 7.91. The van der Waals surface area contributed by atoms with Gasteiger partial charge in [-0.15, -0.1) is 11.3 Å². The van der Waals surface area contributed by atoms with Gasteiger partial charge in [-0.05, 0) is 28.1 Å². The van der Waals surface area contributed by atoms with Gasteiger partial charge in [0, 0.05) is 12.4 Å². The molecule has 3 nitrogen and oxygen atoms in total. The predicted molar refractivity (Wildman–Crippen MR) is 67.0 cm³/mol. The summed E-state index contributed by atoms with van der Waals surface area (Å²) in [5, 5.41) is 0.698. The van der Waals surface area contributed by atoms with Gasteiger partial charge < -0.3 is 4.57 Å². The third kappa shape index (κ3) is 3.67. The second-order valence-corrected chi connectivity index (χ2v) is 5.81. The monoisotopic (exact) mass is 337 g/mol. The van der Waals surface area contributed by atoms with Crippen LogP contribution in [-0.4, -0.2) is 20.7 Å². The first kappa shape index (κ1) is 13.3. The van der Waals surface area contributed by atoms with Gasteiger partial charge in [0.05, 0.1) is 9.98 Å². The molecule has 0 N–H and O–H groups in total. The van der Waals surface area contributed by atoms with Gasteiger partial charge in [0.1, 0.15) is 17.4 Å². The molecule has 2 heterocycles. The molecule has 0 aromatic carbocycles. The zero-order valence-corrected chi connectivity index (χ0v) is 11.3. The molecule has 0 saturated heterocycles. The lowest BCUT2D eigenvalue weighted by atomic mass is 10.4. The number of aromatic nitrogens is 3. The van der Waals surface area contributed by atoms with E-state index in [9.17, 15) is 13.2 Å². The summed E-state index contributed by atoms with van der Waals surface area (Å²) in [5.41, 5.74) is 0. The molecule has 0 amide bonds. The number of alkyl halides is 3. The third-order valence-electron chi connectivity index (χ3n) is 1.97. The van der Waals surface area contributed by atoms with Gasteiger partial charge in [0.2, 0.25) is 0 Å². The molecule has 0 unspecified atom stereocenters. The third-order valence-corrected chi connectivity index (χ3v) is 3.41. The number of halogens is 4. The summed E-state index contributed by atoms with van der Waals surface area (Å²) < 4.78 is 38.7. The second kappa shape index (κ2) is 5.23. The molecule has 0 atom stereocenters. The summed E-state index contributed by atoms with van der Waals surface area (Å²) in [6, 6.07) is 0. The number of hydrogen-bond donors (Lipinski definition) is 0. The maximum Gasteiger partial charge on any atom is 0.406 e. The average Bonchev–Trinajstić information content (AvgIpc) is 2.82. The molecule has 96 valence electrons. The Labute approximate surface area is 113 Å². The summed E-state index contributed by atoms with van der Waals surface area (Å²) >= 11 is 4.65. The average molecular weight is 338 g/mol. The van der Waals surface area contributed by atoms with E-state index in [2.05, 4.69) is 25.9 Å². The molecule has 0 fully saturated rings. The molecule has 18 heavy (non-hydrogen) atoms. The van der Waals surface area contributed by atoms with Crippen molar-refractivity contribution in [3.05, 3.63) is 33.2 Å². The molecule has 0 radical (unpaired) electrons. The summed E-state index contributed by atoms with van der Waals surface area (Å²) in [5.74, 6) is 0.249. The van der Waals surface area contributed by atoms with Crippen LogP contribution in [-0.2, 0) is 6.54 Å². The van der Waals surface area contributed by atoms with E-state index in [1.807, 2.05) is 0 Å². The minimum Gasteiger partial charge on any atom is -0.322 e. The molecule has 8 heteroatoms. The van der Waals surface area contributed by atoms with E-state index >= 15 is 0 Å². The normalized spacial score (nSPS) is 12.4. The fraction of sp³-hybridized carbons (Fsp3) is 0.200. The Morgan fingerprint density at radius 1 is 1.33 bits per heavy atom. The number of imidazole rings is 1. The standard InChI is InChI=1S/C10H7BrF3N3S/c11-7-5-16-9(18-7)2-1-8-15-3-4-17(8)6-10(12,13)14/h1-5H,6H2. The van der Waals surface area contributed by atoms with Crippen molar-refractivity contribution in [3.63, 3.8) is 0 Å². The molecule has 2 aromatic heterocycles. The number of hydrogen-bond acceptors (Lipinski definition) is 3. The van der Waals surface area contributed by atoms with Gasteiger partial charge in [-0.2, -0.15) is 13.2 Å². The Bertz CT molecular complexity index is 559. The van der Waals surface area contributed by atoms with Crippen molar-refractivity contribution in [1.82, 2.24) is 14.5 Å². The van der Waals surface area contributed by atoms with Crippen molar-refractivity contribution < 1.29 is 13.2 Å². The highest BCUT2D eigenvalue weighted by molar-refractivity contribution is 9.11. The topological polar surface area (TPSA) is 30.7 Å². The van der Waals surface area contributed by atoms with E-state index in [0.29, 0.717) is 5.01 Å². The van der Waals surface area contributed by atoms with Gasteiger partial charge in [-0.3, -0.25) is 0 Å².